The number of carbonyl (C=O) groups excluding carboxylic acids is 3. The molecule has 3 aromatic rings. The Morgan fingerprint density at radius 2 is 1.70 bits per heavy atom. The zero-order valence-electron chi connectivity index (χ0n) is 15.1. The SMILES string of the molecule is Cc1[nH]c2ccccc2c1C(=O)CN1C(=O)NC(C)(c2ccccc2)C1=O. The number of aromatic amines is 1. The number of hydrogen-bond donors (Lipinski definition) is 2. The van der Waals surface area contributed by atoms with Gasteiger partial charge in [0.05, 0.1) is 6.54 Å². The van der Waals surface area contributed by atoms with Crippen molar-refractivity contribution in [2.24, 2.45) is 0 Å². The van der Waals surface area contributed by atoms with Crippen molar-refractivity contribution in [3.05, 3.63) is 71.4 Å². The maximum absolute atomic E-state index is 13.0. The minimum absolute atomic E-state index is 0.272. The van der Waals surface area contributed by atoms with Gasteiger partial charge in [-0.1, -0.05) is 48.5 Å². The highest BCUT2D eigenvalue weighted by Crippen LogP contribution is 2.29. The number of nitrogens with zero attached hydrogens (tertiary/aromatic N) is 1. The number of rotatable bonds is 4. The van der Waals surface area contributed by atoms with Crippen LogP contribution in [0, 0.1) is 6.92 Å². The maximum Gasteiger partial charge on any atom is 0.325 e. The van der Waals surface area contributed by atoms with Crippen LogP contribution in [-0.2, 0) is 10.3 Å². The lowest BCUT2D eigenvalue weighted by molar-refractivity contribution is -0.130. The number of aryl methyl sites for hydroxylation is 1. The number of benzene rings is 2. The molecular weight excluding hydrogens is 342 g/mol. The Bertz CT molecular complexity index is 1070. The van der Waals surface area contributed by atoms with Gasteiger partial charge in [-0.05, 0) is 25.5 Å². The Kier molecular flexibility index (Phi) is 3.84. The number of amides is 3. The smallest absolute Gasteiger partial charge is 0.325 e. The summed E-state index contributed by atoms with van der Waals surface area (Å²) in [5.74, 6) is -0.699. The van der Waals surface area contributed by atoms with Gasteiger partial charge < -0.3 is 10.3 Å². The van der Waals surface area contributed by atoms with Crippen molar-refractivity contribution in [3.8, 4) is 0 Å². The molecule has 2 heterocycles. The van der Waals surface area contributed by atoms with Crippen LogP contribution in [0.5, 0.6) is 0 Å². The molecule has 0 bridgehead atoms. The molecule has 2 N–H and O–H groups in total. The van der Waals surface area contributed by atoms with Gasteiger partial charge in [0.15, 0.2) is 5.78 Å². The molecule has 1 aromatic heterocycles. The van der Waals surface area contributed by atoms with E-state index in [2.05, 4.69) is 10.3 Å². The number of hydrogen-bond acceptors (Lipinski definition) is 3. The summed E-state index contributed by atoms with van der Waals surface area (Å²) in [6.45, 7) is 3.17. The Hall–Kier alpha value is -3.41. The standard InChI is InChI=1S/C21H19N3O3/c1-13-18(15-10-6-7-11-16(15)22-13)17(25)12-24-19(26)21(2,23-20(24)27)14-8-4-3-5-9-14/h3-11,22H,12H2,1-2H3,(H,23,27). The largest absolute Gasteiger partial charge is 0.358 e. The first-order valence-electron chi connectivity index (χ1n) is 8.72. The fourth-order valence-electron chi connectivity index (χ4n) is 3.67. The highest BCUT2D eigenvalue weighted by molar-refractivity contribution is 6.15. The van der Waals surface area contributed by atoms with Crippen LogP contribution in [0.25, 0.3) is 10.9 Å². The molecule has 6 nitrogen and oxygen atoms in total. The van der Waals surface area contributed by atoms with Crippen LogP contribution >= 0.6 is 0 Å². The van der Waals surface area contributed by atoms with Crippen molar-refractivity contribution in [2.45, 2.75) is 19.4 Å². The number of urea groups is 1. The third-order valence-corrected chi connectivity index (χ3v) is 5.10. The highest BCUT2D eigenvalue weighted by Gasteiger charge is 2.49. The van der Waals surface area contributed by atoms with Crippen molar-refractivity contribution in [2.75, 3.05) is 6.54 Å². The first kappa shape index (κ1) is 17.0. The van der Waals surface area contributed by atoms with E-state index in [0.29, 0.717) is 11.1 Å². The van der Waals surface area contributed by atoms with E-state index in [1.54, 1.807) is 19.1 Å². The topological polar surface area (TPSA) is 82.3 Å². The van der Waals surface area contributed by atoms with E-state index in [-0.39, 0.29) is 12.3 Å². The normalized spacial score (nSPS) is 19.6. The molecule has 1 saturated heterocycles. The van der Waals surface area contributed by atoms with Gasteiger partial charge in [0, 0.05) is 22.2 Å². The van der Waals surface area contributed by atoms with Gasteiger partial charge in [-0.3, -0.25) is 14.5 Å². The van der Waals surface area contributed by atoms with Gasteiger partial charge in [-0.2, -0.15) is 0 Å². The molecule has 4 rings (SSSR count). The van der Waals surface area contributed by atoms with Crippen LogP contribution in [0.3, 0.4) is 0 Å². The van der Waals surface area contributed by atoms with E-state index in [4.69, 9.17) is 0 Å². The van der Waals surface area contributed by atoms with Crippen molar-refractivity contribution in [3.63, 3.8) is 0 Å². The lowest BCUT2D eigenvalue weighted by Crippen LogP contribution is -2.41. The number of para-hydroxylation sites is 1. The molecule has 0 spiro atoms. The number of imide groups is 1. The minimum Gasteiger partial charge on any atom is -0.358 e. The Balaban J connectivity index is 1.65. The summed E-state index contributed by atoms with van der Waals surface area (Å²) in [7, 11) is 0. The van der Waals surface area contributed by atoms with Crippen LogP contribution in [0.15, 0.2) is 54.6 Å². The van der Waals surface area contributed by atoms with Crippen molar-refractivity contribution in [1.82, 2.24) is 15.2 Å². The van der Waals surface area contributed by atoms with Gasteiger partial charge in [-0.15, -0.1) is 0 Å². The molecule has 0 aliphatic carbocycles. The monoisotopic (exact) mass is 361 g/mol. The molecule has 2 aromatic carbocycles. The van der Waals surface area contributed by atoms with Crippen LogP contribution in [0.4, 0.5) is 4.79 Å². The lowest BCUT2D eigenvalue weighted by atomic mass is 9.92. The molecule has 0 saturated carbocycles. The fraction of sp³-hybridized carbons (Fsp3) is 0.190. The Labute approximate surface area is 156 Å². The highest BCUT2D eigenvalue weighted by atomic mass is 16.2. The van der Waals surface area contributed by atoms with Crippen molar-refractivity contribution >= 4 is 28.6 Å². The first-order valence-corrected chi connectivity index (χ1v) is 8.72. The Morgan fingerprint density at radius 3 is 2.44 bits per heavy atom. The first-order chi connectivity index (χ1) is 12.9. The van der Waals surface area contributed by atoms with E-state index in [0.717, 1.165) is 21.5 Å². The van der Waals surface area contributed by atoms with E-state index in [9.17, 15) is 14.4 Å². The zero-order chi connectivity index (χ0) is 19.2. The third kappa shape index (κ3) is 2.61. The summed E-state index contributed by atoms with van der Waals surface area (Å²) in [6.07, 6.45) is 0. The average molecular weight is 361 g/mol. The van der Waals surface area contributed by atoms with Gasteiger partial charge in [0.1, 0.15) is 5.54 Å². The molecule has 136 valence electrons. The van der Waals surface area contributed by atoms with Gasteiger partial charge >= 0.3 is 6.03 Å². The number of carbonyl (C=O) groups is 3. The molecule has 1 unspecified atom stereocenters. The Morgan fingerprint density at radius 1 is 1.04 bits per heavy atom. The summed E-state index contributed by atoms with van der Waals surface area (Å²) in [4.78, 5) is 42.5. The fourth-order valence-corrected chi connectivity index (χ4v) is 3.67. The van der Waals surface area contributed by atoms with Crippen LogP contribution in [0.2, 0.25) is 0 Å². The molecular formula is C21H19N3O3. The quantitative estimate of drug-likeness (QED) is 0.553. The molecule has 3 amide bonds. The summed E-state index contributed by atoms with van der Waals surface area (Å²) in [5.41, 5.74) is 1.60. The number of H-pyrrole nitrogens is 1. The second kappa shape index (κ2) is 6.09. The zero-order valence-corrected chi connectivity index (χ0v) is 15.1. The van der Waals surface area contributed by atoms with Gasteiger partial charge in [-0.25, -0.2) is 4.79 Å². The number of fused-ring (bicyclic) bond motifs is 1. The summed E-state index contributed by atoms with van der Waals surface area (Å²) in [6, 6.07) is 16.0. The molecule has 27 heavy (non-hydrogen) atoms. The van der Waals surface area contributed by atoms with Crippen LogP contribution in [0.1, 0.15) is 28.5 Å². The van der Waals surface area contributed by atoms with Gasteiger partial charge in [0.2, 0.25) is 0 Å². The van der Waals surface area contributed by atoms with Crippen LogP contribution in [-0.4, -0.2) is 34.2 Å². The number of aromatic nitrogens is 1. The van der Waals surface area contributed by atoms with E-state index >= 15 is 0 Å². The van der Waals surface area contributed by atoms with E-state index in [1.807, 2.05) is 49.4 Å². The number of ketones is 1. The lowest BCUT2D eigenvalue weighted by Gasteiger charge is -2.22. The van der Waals surface area contributed by atoms with E-state index in [1.165, 1.54) is 0 Å². The number of nitrogens with one attached hydrogen (secondary N) is 2. The summed E-state index contributed by atoms with van der Waals surface area (Å²) < 4.78 is 0. The summed E-state index contributed by atoms with van der Waals surface area (Å²) >= 11 is 0. The van der Waals surface area contributed by atoms with Crippen molar-refractivity contribution in [1.29, 1.82) is 0 Å². The third-order valence-electron chi connectivity index (χ3n) is 5.10. The summed E-state index contributed by atoms with van der Waals surface area (Å²) in [5, 5.41) is 3.52. The molecule has 6 heteroatoms. The van der Waals surface area contributed by atoms with Gasteiger partial charge in [0.25, 0.3) is 5.91 Å². The second-order valence-electron chi connectivity index (χ2n) is 6.91. The predicted octanol–water partition coefficient (Wildman–Crippen LogP) is 3.13. The molecule has 0 radical (unpaired) electrons. The number of Topliss-reactive ketones (excluding diaryl/α,β-unsaturated/α-hetero) is 1. The maximum atomic E-state index is 13.0. The second-order valence-corrected chi connectivity index (χ2v) is 6.91. The molecule has 1 aliphatic rings. The van der Waals surface area contributed by atoms with E-state index < -0.39 is 17.5 Å². The van der Waals surface area contributed by atoms with Crippen LogP contribution < -0.4 is 5.32 Å². The molecule has 1 aliphatic heterocycles. The minimum atomic E-state index is -1.17. The van der Waals surface area contributed by atoms with Crippen molar-refractivity contribution < 1.29 is 14.4 Å². The predicted molar refractivity (Wildman–Crippen MR) is 101 cm³/mol. The average Bonchev–Trinajstić information content (AvgIpc) is 3.11. The molecule has 1 fully saturated rings. The molecule has 1 atom stereocenters.